The van der Waals surface area contributed by atoms with E-state index in [4.69, 9.17) is 20.9 Å². The number of aromatic nitrogens is 1. The van der Waals surface area contributed by atoms with E-state index in [1.807, 2.05) is 24.3 Å². The largest absolute Gasteiger partial charge is 0.504 e. The van der Waals surface area contributed by atoms with Gasteiger partial charge in [-0.15, -0.1) is 0 Å². The van der Waals surface area contributed by atoms with Crippen molar-refractivity contribution in [2.24, 2.45) is 0 Å². The van der Waals surface area contributed by atoms with E-state index in [1.54, 1.807) is 12.1 Å². The first kappa shape index (κ1) is 24.2. The van der Waals surface area contributed by atoms with Crippen LogP contribution in [0.5, 0.6) is 5.88 Å². The summed E-state index contributed by atoms with van der Waals surface area (Å²) in [6.07, 6.45) is -3.55. The van der Waals surface area contributed by atoms with Gasteiger partial charge in [0, 0.05) is 17.7 Å². The summed E-state index contributed by atoms with van der Waals surface area (Å²) in [5.41, 5.74) is 3.23. The zero-order valence-corrected chi connectivity index (χ0v) is 19.8. The number of likely N-dealkylation sites (tertiary alicyclic amines) is 1. The van der Waals surface area contributed by atoms with Crippen molar-refractivity contribution in [1.82, 2.24) is 10.1 Å². The van der Waals surface area contributed by atoms with Gasteiger partial charge in [0.2, 0.25) is 5.76 Å². The summed E-state index contributed by atoms with van der Waals surface area (Å²) in [5, 5.41) is 17.5. The lowest BCUT2D eigenvalue weighted by Gasteiger charge is -2.18. The second-order valence-corrected chi connectivity index (χ2v) is 9.15. The Balaban J connectivity index is 1.43. The Kier molecular flexibility index (Phi) is 6.17. The molecule has 0 radical (unpaired) electrons. The number of fused-ring (bicyclic) bond motifs is 1. The van der Waals surface area contributed by atoms with E-state index in [2.05, 4.69) is 10.5 Å². The summed E-state index contributed by atoms with van der Waals surface area (Å²) >= 11 is 6.52. The van der Waals surface area contributed by atoms with Gasteiger partial charge in [-0.2, -0.15) is 13.2 Å². The number of methoxy groups -OCH3 is 1. The Morgan fingerprint density at radius 3 is 2.67 bits per heavy atom. The van der Waals surface area contributed by atoms with E-state index in [0.29, 0.717) is 41.3 Å². The molecule has 188 valence electrons. The van der Waals surface area contributed by atoms with Crippen LogP contribution in [-0.2, 0) is 4.79 Å². The molecule has 5 rings (SSSR count). The zero-order chi connectivity index (χ0) is 25.6. The first-order valence-corrected chi connectivity index (χ1v) is 11.5. The van der Waals surface area contributed by atoms with Gasteiger partial charge in [-0.3, -0.25) is 9.69 Å². The van der Waals surface area contributed by atoms with Crippen LogP contribution in [0.3, 0.4) is 0 Å². The van der Waals surface area contributed by atoms with Gasteiger partial charge in [0.15, 0.2) is 5.76 Å². The van der Waals surface area contributed by atoms with Crippen LogP contribution in [0.25, 0.3) is 22.5 Å². The molecule has 3 aromatic rings. The van der Waals surface area contributed by atoms with Crippen LogP contribution in [0.4, 0.5) is 18.9 Å². The number of aliphatic hydroxyl groups is 1. The molecule has 0 saturated carbocycles. The number of anilines is 1. The number of nitrogens with one attached hydrogen (secondary N) is 1. The lowest BCUT2D eigenvalue weighted by molar-refractivity contribution is -0.143. The van der Waals surface area contributed by atoms with E-state index in [9.17, 15) is 23.1 Å². The monoisotopic (exact) mass is 519 g/mol. The summed E-state index contributed by atoms with van der Waals surface area (Å²) in [6, 6.07) is 12.1. The van der Waals surface area contributed by atoms with Crippen molar-refractivity contribution < 1.29 is 32.3 Å². The molecular formula is C25H21ClF3N3O4. The second kappa shape index (κ2) is 9.18. The minimum atomic E-state index is -4.21. The van der Waals surface area contributed by atoms with E-state index < -0.39 is 24.4 Å². The number of rotatable bonds is 5. The molecule has 0 aliphatic carbocycles. The normalized spacial score (nSPS) is 19.4. The predicted molar refractivity (Wildman–Crippen MR) is 128 cm³/mol. The van der Waals surface area contributed by atoms with E-state index in [0.717, 1.165) is 11.1 Å². The topological polar surface area (TPSA) is 87.8 Å². The Morgan fingerprint density at radius 1 is 1.25 bits per heavy atom. The van der Waals surface area contributed by atoms with Gasteiger partial charge >= 0.3 is 6.18 Å². The smallest absolute Gasteiger partial charge is 0.401 e. The van der Waals surface area contributed by atoms with Crippen molar-refractivity contribution in [1.29, 1.82) is 0 Å². The molecule has 0 spiro atoms. The van der Waals surface area contributed by atoms with Crippen molar-refractivity contribution in [3.63, 3.8) is 0 Å². The molecule has 3 heterocycles. The van der Waals surface area contributed by atoms with E-state index in [1.165, 1.54) is 18.1 Å². The van der Waals surface area contributed by atoms with Crippen molar-refractivity contribution in [2.75, 3.05) is 32.1 Å². The minimum absolute atomic E-state index is 0.00838. The third-order valence-electron chi connectivity index (χ3n) is 6.39. The molecule has 1 amide bonds. The van der Waals surface area contributed by atoms with Crippen LogP contribution in [-0.4, -0.2) is 54.0 Å². The summed E-state index contributed by atoms with van der Waals surface area (Å²) in [6.45, 7) is -0.145. The molecular weight excluding hydrogens is 499 g/mol. The van der Waals surface area contributed by atoms with Crippen LogP contribution < -0.4 is 10.1 Å². The molecule has 1 unspecified atom stereocenters. The molecule has 1 fully saturated rings. The van der Waals surface area contributed by atoms with Crippen molar-refractivity contribution in [3.8, 4) is 17.0 Å². The third-order valence-corrected chi connectivity index (χ3v) is 6.70. The second-order valence-electron chi connectivity index (χ2n) is 8.75. The number of amides is 1. The molecule has 36 heavy (non-hydrogen) atoms. The molecule has 1 saturated heterocycles. The molecule has 7 nitrogen and oxygen atoms in total. The predicted octanol–water partition coefficient (Wildman–Crippen LogP) is 5.73. The van der Waals surface area contributed by atoms with Gasteiger partial charge in [-0.05, 0) is 47.3 Å². The van der Waals surface area contributed by atoms with Gasteiger partial charge in [-0.25, -0.2) is 0 Å². The van der Waals surface area contributed by atoms with Gasteiger partial charge in [0.25, 0.3) is 11.8 Å². The van der Waals surface area contributed by atoms with Crippen LogP contribution in [0, 0.1) is 0 Å². The molecule has 1 atom stereocenters. The average molecular weight is 520 g/mol. The number of aliphatic hydroxyl groups excluding tert-OH is 1. The first-order valence-electron chi connectivity index (χ1n) is 11.1. The number of carbonyl (C=O) groups excluding carboxylic acids is 1. The maximum Gasteiger partial charge on any atom is 0.401 e. The average Bonchev–Trinajstić information content (AvgIpc) is 3.55. The Labute approximate surface area is 209 Å². The molecule has 2 aromatic carbocycles. The molecule has 2 aliphatic rings. The number of ether oxygens (including phenoxy) is 1. The number of hydrogen-bond acceptors (Lipinski definition) is 6. The van der Waals surface area contributed by atoms with Gasteiger partial charge in [0.1, 0.15) is 0 Å². The highest BCUT2D eigenvalue weighted by Crippen LogP contribution is 2.42. The lowest BCUT2D eigenvalue weighted by Crippen LogP contribution is -2.32. The van der Waals surface area contributed by atoms with E-state index >= 15 is 0 Å². The molecule has 2 aliphatic heterocycles. The van der Waals surface area contributed by atoms with Crippen molar-refractivity contribution in [3.05, 3.63) is 64.4 Å². The van der Waals surface area contributed by atoms with E-state index in [-0.39, 0.29) is 23.1 Å². The zero-order valence-electron chi connectivity index (χ0n) is 19.0. The highest BCUT2D eigenvalue weighted by Gasteiger charge is 2.35. The molecule has 2 N–H and O–H groups in total. The Morgan fingerprint density at radius 2 is 2.00 bits per heavy atom. The standard InChI is InChI=1S/C25H21ClF3N3O4/c1-35-21-10-20(36-31-21)23(33)22-17-8-16(18(26)9-19(17)30-24(22)34)14-4-2-13(3-5-14)15-6-7-32(11-15)12-25(27,28)29/h2-5,8-10,15,33H,6-7,11-12H2,1H3,(H,30,34). The number of halogens is 4. The van der Waals surface area contributed by atoms with Gasteiger partial charge in [0.05, 0.1) is 36.0 Å². The number of hydrogen-bond donors (Lipinski definition) is 2. The molecule has 0 bridgehead atoms. The maximum absolute atomic E-state index is 12.7. The first-order chi connectivity index (χ1) is 17.1. The summed E-state index contributed by atoms with van der Waals surface area (Å²) in [4.78, 5) is 14.1. The Hall–Kier alpha value is -3.50. The molecule has 11 heteroatoms. The number of alkyl halides is 3. The number of benzene rings is 2. The summed E-state index contributed by atoms with van der Waals surface area (Å²) in [5.74, 6) is -0.774. The third kappa shape index (κ3) is 4.66. The highest BCUT2D eigenvalue weighted by molar-refractivity contribution is 6.38. The fraction of sp³-hybridized carbons (Fsp3) is 0.280. The van der Waals surface area contributed by atoms with Crippen LogP contribution in [0.2, 0.25) is 5.02 Å². The lowest BCUT2D eigenvalue weighted by atomic mass is 9.94. The summed E-state index contributed by atoms with van der Waals surface area (Å²) < 4.78 is 48.2. The fourth-order valence-corrected chi connectivity index (χ4v) is 4.95. The van der Waals surface area contributed by atoms with Crippen LogP contribution >= 0.6 is 11.6 Å². The van der Waals surface area contributed by atoms with Crippen LogP contribution in [0.15, 0.2) is 47.0 Å². The summed E-state index contributed by atoms with van der Waals surface area (Å²) in [7, 11) is 1.40. The fourth-order valence-electron chi connectivity index (χ4n) is 4.67. The highest BCUT2D eigenvalue weighted by atomic mass is 35.5. The molecule has 1 aromatic heterocycles. The van der Waals surface area contributed by atoms with Crippen molar-refractivity contribution >= 4 is 34.5 Å². The minimum Gasteiger partial charge on any atom is -0.504 e. The number of carbonyl (C=O) groups is 1. The van der Waals surface area contributed by atoms with Gasteiger partial charge < -0.3 is 19.7 Å². The number of nitrogens with zero attached hydrogens (tertiary/aromatic N) is 2. The van der Waals surface area contributed by atoms with Crippen LogP contribution in [0.1, 0.15) is 29.2 Å². The van der Waals surface area contributed by atoms with Gasteiger partial charge in [-0.1, -0.05) is 35.9 Å². The Bertz CT molecular complexity index is 1350. The quantitative estimate of drug-likeness (QED) is 0.330. The SMILES string of the molecule is COc1cc(C(O)=C2C(=O)Nc3cc(Cl)c(-c4ccc(C5CCN(CC(F)(F)F)C5)cc4)cc32)on1. The van der Waals surface area contributed by atoms with Crippen molar-refractivity contribution in [2.45, 2.75) is 18.5 Å². The maximum atomic E-state index is 12.7.